The third-order valence-corrected chi connectivity index (χ3v) is 5.61. The summed E-state index contributed by atoms with van der Waals surface area (Å²) in [5.74, 6) is -0.262. The summed E-state index contributed by atoms with van der Waals surface area (Å²) in [7, 11) is 0. The molecule has 4 rings (SSSR count). The van der Waals surface area contributed by atoms with Gasteiger partial charge in [0.15, 0.2) is 5.69 Å². The average molecular weight is 441 g/mol. The molecule has 0 fully saturated rings. The van der Waals surface area contributed by atoms with Gasteiger partial charge in [-0.25, -0.2) is 4.68 Å². The molecular weight excluding hydrogens is 423 g/mol. The van der Waals surface area contributed by atoms with Crippen molar-refractivity contribution in [3.8, 4) is 16.3 Å². The Labute approximate surface area is 181 Å². The number of carbonyl (C=O) groups is 1. The van der Waals surface area contributed by atoms with Crippen LogP contribution in [0.15, 0.2) is 72.1 Å². The van der Waals surface area contributed by atoms with Crippen molar-refractivity contribution in [2.75, 3.05) is 0 Å². The molecule has 1 amide bonds. The lowest BCUT2D eigenvalue weighted by atomic mass is 10.1. The number of rotatable bonds is 5. The fraction of sp³-hybridized carbons (Fsp3) is 0.130. The van der Waals surface area contributed by atoms with Crippen molar-refractivity contribution in [1.82, 2.24) is 15.1 Å². The zero-order valence-electron chi connectivity index (χ0n) is 16.5. The molecule has 0 aliphatic rings. The van der Waals surface area contributed by atoms with Gasteiger partial charge in [0.25, 0.3) is 5.91 Å². The molecule has 0 saturated heterocycles. The molecule has 1 N–H and O–H groups in total. The lowest BCUT2D eigenvalue weighted by Crippen LogP contribution is -2.22. The molecule has 0 saturated carbocycles. The average Bonchev–Trinajstić information content (AvgIpc) is 3.43. The minimum Gasteiger partial charge on any atom is -0.348 e. The van der Waals surface area contributed by atoms with Gasteiger partial charge in [0.2, 0.25) is 0 Å². The third-order valence-electron chi connectivity index (χ3n) is 4.72. The van der Waals surface area contributed by atoms with E-state index in [-0.39, 0.29) is 5.91 Å². The molecule has 4 nitrogen and oxygen atoms in total. The van der Waals surface area contributed by atoms with E-state index in [1.807, 2.05) is 31.2 Å². The second-order valence-electron chi connectivity index (χ2n) is 7.02. The summed E-state index contributed by atoms with van der Waals surface area (Å²) in [5.41, 5.74) is 2.35. The van der Waals surface area contributed by atoms with Crippen LogP contribution < -0.4 is 5.32 Å². The molecule has 0 spiro atoms. The van der Waals surface area contributed by atoms with Crippen LogP contribution in [0.2, 0.25) is 0 Å². The zero-order valence-corrected chi connectivity index (χ0v) is 17.3. The molecule has 0 bridgehead atoms. The molecule has 0 aliphatic carbocycles. The van der Waals surface area contributed by atoms with E-state index < -0.39 is 11.9 Å². The van der Waals surface area contributed by atoms with Crippen molar-refractivity contribution in [2.45, 2.75) is 19.6 Å². The first-order chi connectivity index (χ1) is 14.8. The van der Waals surface area contributed by atoms with E-state index in [0.29, 0.717) is 28.4 Å². The number of hydrogen-bond acceptors (Lipinski definition) is 3. The Balaban J connectivity index is 1.56. The van der Waals surface area contributed by atoms with Gasteiger partial charge in [-0.05, 0) is 54.3 Å². The number of amides is 1. The van der Waals surface area contributed by atoms with E-state index in [2.05, 4.69) is 10.4 Å². The van der Waals surface area contributed by atoms with Gasteiger partial charge in [-0.1, -0.05) is 35.9 Å². The molecule has 2 heterocycles. The molecule has 2 aromatic heterocycles. The highest BCUT2D eigenvalue weighted by atomic mass is 32.1. The van der Waals surface area contributed by atoms with Gasteiger partial charge in [-0.2, -0.15) is 18.3 Å². The number of aromatic nitrogens is 2. The first-order valence-electron chi connectivity index (χ1n) is 9.46. The lowest BCUT2D eigenvalue weighted by Gasteiger charge is -2.09. The number of nitrogens with one attached hydrogen (secondary N) is 1. The van der Waals surface area contributed by atoms with E-state index in [1.165, 1.54) is 16.0 Å². The van der Waals surface area contributed by atoms with Crippen LogP contribution in [0.4, 0.5) is 13.2 Å². The van der Waals surface area contributed by atoms with Gasteiger partial charge in [0, 0.05) is 12.1 Å². The number of benzene rings is 2. The summed E-state index contributed by atoms with van der Waals surface area (Å²) >= 11 is 1.33. The van der Waals surface area contributed by atoms with Gasteiger partial charge in [0.1, 0.15) is 0 Å². The highest BCUT2D eigenvalue weighted by Crippen LogP contribution is 2.34. The SMILES string of the molecule is Cc1ccc(CNC(=O)c2ccc(-n3nc(C(F)(F)F)cc3-c3cccs3)cc2)cc1. The highest BCUT2D eigenvalue weighted by Gasteiger charge is 2.35. The summed E-state index contributed by atoms with van der Waals surface area (Å²) in [5, 5.41) is 8.40. The van der Waals surface area contributed by atoms with Crippen LogP contribution >= 0.6 is 11.3 Å². The number of halogens is 3. The standard InChI is InChI=1S/C23H18F3N3OS/c1-15-4-6-16(7-5-15)14-27-22(30)17-8-10-18(11-9-17)29-19(20-3-2-12-31-20)13-21(28-29)23(24,25)26/h2-13H,14H2,1H3,(H,27,30). The molecule has 4 aromatic rings. The van der Waals surface area contributed by atoms with Crippen LogP contribution in [0.3, 0.4) is 0 Å². The molecule has 0 aliphatic heterocycles. The van der Waals surface area contributed by atoms with Crippen LogP contribution in [-0.4, -0.2) is 15.7 Å². The fourth-order valence-corrected chi connectivity index (χ4v) is 3.79. The quantitative estimate of drug-likeness (QED) is 0.422. The monoisotopic (exact) mass is 441 g/mol. The topological polar surface area (TPSA) is 46.9 Å². The van der Waals surface area contributed by atoms with Crippen LogP contribution in [0.1, 0.15) is 27.2 Å². The van der Waals surface area contributed by atoms with E-state index >= 15 is 0 Å². The Morgan fingerprint density at radius 1 is 1.06 bits per heavy atom. The summed E-state index contributed by atoms with van der Waals surface area (Å²) in [6, 6.07) is 18.7. The number of thiophene rings is 1. The Morgan fingerprint density at radius 3 is 2.39 bits per heavy atom. The van der Waals surface area contributed by atoms with Crippen molar-refractivity contribution in [3.63, 3.8) is 0 Å². The maximum Gasteiger partial charge on any atom is 0.435 e. The maximum atomic E-state index is 13.2. The molecule has 0 atom stereocenters. The van der Waals surface area contributed by atoms with Crippen LogP contribution in [0, 0.1) is 6.92 Å². The number of alkyl halides is 3. The number of aryl methyl sites for hydroxylation is 1. The smallest absolute Gasteiger partial charge is 0.348 e. The Hall–Kier alpha value is -3.39. The first-order valence-corrected chi connectivity index (χ1v) is 10.3. The Kier molecular flexibility index (Phi) is 5.65. The van der Waals surface area contributed by atoms with E-state index in [0.717, 1.165) is 17.2 Å². The summed E-state index contributed by atoms with van der Waals surface area (Å²) in [6.45, 7) is 2.38. The Morgan fingerprint density at radius 2 is 1.77 bits per heavy atom. The second-order valence-corrected chi connectivity index (χ2v) is 7.96. The normalized spacial score (nSPS) is 11.5. The van der Waals surface area contributed by atoms with Crippen molar-refractivity contribution >= 4 is 17.2 Å². The van der Waals surface area contributed by atoms with Crippen LogP contribution in [-0.2, 0) is 12.7 Å². The number of nitrogens with zero attached hydrogens (tertiary/aromatic N) is 2. The Bertz CT molecular complexity index is 1180. The minimum atomic E-state index is -4.55. The van der Waals surface area contributed by atoms with Gasteiger partial charge >= 0.3 is 6.18 Å². The van der Waals surface area contributed by atoms with Crippen LogP contribution in [0.25, 0.3) is 16.3 Å². The van der Waals surface area contributed by atoms with Gasteiger partial charge in [-0.3, -0.25) is 4.79 Å². The lowest BCUT2D eigenvalue weighted by molar-refractivity contribution is -0.141. The maximum absolute atomic E-state index is 13.2. The van der Waals surface area contributed by atoms with E-state index in [9.17, 15) is 18.0 Å². The largest absolute Gasteiger partial charge is 0.435 e. The summed E-state index contributed by atoms with van der Waals surface area (Å²) in [6.07, 6.45) is -4.55. The molecule has 158 valence electrons. The molecule has 0 unspecified atom stereocenters. The molecule has 2 aromatic carbocycles. The summed E-state index contributed by atoms with van der Waals surface area (Å²) in [4.78, 5) is 13.1. The van der Waals surface area contributed by atoms with Gasteiger partial charge in [-0.15, -0.1) is 11.3 Å². The van der Waals surface area contributed by atoms with E-state index in [1.54, 1.807) is 41.8 Å². The molecular formula is C23H18F3N3OS. The van der Waals surface area contributed by atoms with Crippen LogP contribution in [0.5, 0.6) is 0 Å². The predicted octanol–water partition coefficient (Wildman–Crippen LogP) is 5.86. The van der Waals surface area contributed by atoms with E-state index in [4.69, 9.17) is 0 Å². The van der Waals surface area contributed by atoms with Crippen molar-refractivity contribution in [1.29, 1.82) is 0 Å². The fourth-order valence-electron chi connectivity index (χ4n) is 3.06. The predicted molar refractivity (Wildman–Crippen MR) is 114 cm³/mol. The highest BCUT2D eigenvalue weighted by molar-refractivity contribution is 7.13. The first kappa shape index (κ1) is 20.9. The minimum absolute atomic E-state index is 0.262. The number of carbonyl (C=O) groups excluding carboxylic acids is 1. The summed E-state index contributed by atoms with van der Waals surface area (Å²) < 4.78 is 40.9. The second kappa shape index (κ2) is 8.39. The van der Waals surface area contributed by atoms with Crippen molar-refractivity contribution < 1.29 is 18.0 Å². The van der Waals surface area contributed by atoms with Crippen molar-refractivity contribution in [3.05, 3.63) is 94.5 Å². The van der Waals surface area contributed by atoms with Gasteiger partial charge in [0.05, 0.1) is 16.3 Å². The van der Waals surface area contributed by atoms with Gasteiger partial charge < -0.3 is 5.32 Å². The van der Waals surface area contributed by atoms with Crippen molar-refractivity contribution in [2.24, 2.45) is 0 Å². The molecule has 31 heavy (non-hydrogen) atoms. The number of hydrogen-bond donors (Lipinski definition) is 1. The zero-order chi connectivity index (χ0) is 22.0. The third kappa shape index (κ3) is 4.69. The molecule has 8 heteroatoms. The molecule has 0 radical (unpaired) electrons.